The first-order valence-electron chi connectivity index (χ1n) is 10.7. The summed E-state index contributed by atoms with van der Waals surface area (Å²) in [5.41, 5.74) is 6.29. The molecule has 0 saturated carbocycles. The number of amides is 1. The van der Waals surface area contributed by atoms with Gasteiger partial charge in [0, 0.05) is 27.8 Å². The fourth-order valence-electron chi connectivity index (χ4n) is 4.84. The average Bonchev–Trinajstić information content (AvgIpc) is 3.29. The number of rotatable bonds is 4. The highest BCUT2D eigenvalue weighted by Crippen LogP contribution is 2.50. The molecule has 1 aliphatic heterocycles. The summed E-state index contributed by atoms with van der Waals surface area (Å²) in [5, 5.41) is 6.88. The fourth-order valence-corrected chi connectivity index (χ4v) is 5.25. The summed E-state index contributed by atoms with van der Waals surface area (Å²) >= 11 is 1.77. The third kappa shape index (κ3) is 3.77. The highest BCUT2D eigenvalue weighted by molar-refractivity contribution is 7.98. The Labute approximate surface area is 188 Å². The Morgan fingerprint density at radius 3 is 2.65 bits per heavy atom. The maximum atomic E-state index is 12.8. The quantitative estimate of drug-likeness (QED) is 0.356. The van der Waals surface area contributed by atoms with Gasteiger partial charge in [-0.1, -0.05) is 42.5 Å². The number of benzene rings is 3. The van der Waals surface area contributed by atoms with Gasteiger partial charge in [-0.3, -0.25) is 4.79 Å². The second-order valence-corrected chi connectivity index (χ2v) is 9.20. The number of carbonyl (C=O) groups excluding carboxylic acids is 1. The SMILES string of the molecule is CSc1ccc(C2Nc3ccc(NC(=O)c4ccccc4C)cc3C3C=CCC32)cc1. The van der Waals surface area contributed by atoms with Crippen molar-refractivity contribution in [1.29, 1.82) is 0 Å². The molecule has 156 valence electrons. The van der Waals surface area contributed by atoms with Crippen LogP contribution in [0.4, 0.5) is 11.4 Å². The lowest BCUT2D eigenvalue weighted by Crippen LogP contribution is -2.29. The number of allylic oxidation sites excluding steroid dienone is 2. The summed E-state index contributed by atoms with van der Waals surface area (Å²) in [7, 11) is 0. The lowest BCUT2D eigenvalue weighted by molar-refractivity contribution is 0.102. The molecule has 5 rings (SSSR count). The molecule has 0 bridgehead atoms. The zero-order valence-electron chi connectivity index (χ0n) is 17.8. The van der Waals surface area contributed by atoms with E-state index in [0.717, 1.165) is 23.4 Å². The predicted octanol–water partition coefficient (Wildman–Crippen LogP) is 6.80. The van der Waals surface area contributed by atoms with Gasteiger partial charge in [0.05, 0.1) is 6.04 Å². The Bertz CT molecular complexity index is 1150. The largest absolute Gasteiger partial charge is 0.378 e. The van der Waals surface area contributed by atoms with Gasteiger partial charge < -0.3 is 10.6 Å². The standard InChI is InChI=1S/C27H26N2OS/c1-17-6-3-4-7-21(17)27(30)28-19-12-15-25-24(16-19)22-8-5-9-23(22)26(29-25)18-10-13-20(31-2)14-11-18/h3-8,10-16,22-23,26,29H,9H2,1-2H3,(H,28,30). The van der Waals surface area contributed by atoms with Gasteiger partial charge >= 0.3 is 0 Å². The lowest BCUT2D eigenvalue weighted by Gasteiger charge is -2.37. The first-order chi connectivity index (χ1) is 15.1. The van der Waals surface area contributed by atoms with Crippen molar-refractivity contribution in [2.75, 3.05) is 16.9 Å². The van der Waals surface area contributed by atoms with Crippen LogP contribution in [0, 0.1) is 12.8 Å². The van der Waals surface area contributed by atoms with Crippen molar-refractivity contribution in [3.63, 3.8) is 0 Å². The average molecular weight is 427 g/mol. The maximum absolute atomic E-state index is 12.8. The predicted molar refractivity (Wildman–Crippen MR) is 130 cm³/mol. The van der Waals surface area contributed by atoms with E-state index in [2.05, 4.69) is 65.4 Å². The van der Waals surface area contributed by atoms with Crippen LogP contribution < -0.4 is 10.6 Å². The van der Waals surface area contributed by atoms with Crippen molar-refractivity contribution in [3.05, 3.63) is 101 Å². The molecule has 31 heavy (non-hydrogen) atoms. The summed E-state index contributed by atoms with van der Waals surface area (Å²) in [6, 6.07) is 23.1. The third-order valence-corrected chi connectivity index (χ3v) is 7.23. The van der Waals surface area contributed by atoms with E-state index in [9.17, 15) is 4.79 Å². The molecule has 0 fully saturated rings. The molecule has 2 aliphatic rings. The molecule has 2 N–H and O–H groups in total. The molecular formula is C27H26N2OS. The number of fused-ring (bicyclic) bond motifs is 3. The number of hydrogen-bond donors (Lipinski definition) is 2. The van der Waals surface area contributed by atoms with E-state index in [0.29, 0.717) is 17.4 Å². The van der Waals surface area contributed by atoms with Gasteiger partial charge in [-0.2, -0.15) is 0 Å². The molecule has 0 spiro atoms. The fraction of sp³-hybridized carbons (Fsp3) is 0.222. The molecule has 1 amide bonds. The molecule has 3 aromatic rings. The number of nitrogens with one attached hydrogen (secondary N) is 2. The highest BCUT2D eigenvalue weighted by atomic mass is 32.2. The molecule has 1 aliphatic carbocycles. The van der Waals surface area contributed by atoms with E-state index in [4.69, 9.17) is 0 Å². The Hall–Kier alpha value is -2.98. The van der Waals surface area contributed by atoms with Gasteiger partial charge in [0.25, 0.3) is 5.91 Å². The van der Waals surface area contributed by atoms with Crippen molar-refractivity contribution < 1.29 is 4.79 Å². The number of carbonyl (C=O) groups is 1. The number of aryl methyl sites for hydroxylation is 1. The Balaban J connectivity index is 1.43. The topological polar surface area (TPSA) is 41.1 Å². The number of thioether (sulfide) groups is 1. The van der Waals surface area contributed by atoms with Crippen molar-refractivity contribution in [3.8, 4) is 0 Å². The van der Waals surface area contributed by atoms with Crippen LogP contribution in [0.15, 0.2) is 83.8 Å². The summed E-state index contributed by atoms with van der Waals surface area (Å²) in [6.07, 6.45) is 7.80. The minimum absolute atomic E-state index is 0.0629. The van der Waals surface area contributed by atoms with Crippen LogP contribution >= 0.6 is 11.8 Å². The maximum Gasteiger partial charge on any atom is 0.255 e. The Kier molecular flexibility index (Phi) is 5.33. The first kappa shape index (κ1) is 20.0. The minimum atomic E-state index is -0.0629. The summed E-state index contributed by atoms with van der Waals surface area (Å²) in [6.45, 7) is 1.96. The Morgan fingerprint density at radius 1 is 1.06 bits per heavy atom. The second kappa shape index (κ2) is 8.27. The van der Waals surface area contributed by atoms with Gasteiger partial charge in [-0.05, 0) is 78.6 Å². The van der Waals surface area contributed by atoms with Crippen molar-refractivity contribution in [2.45, 2.75) is 30.2 Å². The molecule has 1 heterocycles. The van der Waals surface area contributed by atoms with E-state index >= 15 is 0 Å². The second-order valence-electron chi connectivity index (χ2n) is 8.32. The zero-order chi connectivity index (χ0) is 21.4. The number of hydrogen-bond acceptors (Lipinski definition) is 3. The third-order valence-electron chi connectivity index (χ3n) is 6.49. The molecular weight excluding hydrogens is 400 g/mol. The van der Waals surface area contributed by atoms with E-state index in [1.807, 2.05) is 37.3 Å². The van der Waals surface area contributed by atoms with E-state index in [1.165, 1.54) is 16.0 Å². The lowest BCUT2D eigenvalue weighted by atomic mass is 9.77. The molecule has 0 aromatic heterocycles. The molecule has 3 aromatic carbocycles. The van der Waals surface area contributed by atoms with Crippen molar-refractivity contribution in [2.24, 2.45) is 5.92 Å². The van der Waals surface area contributed by atoms with Crippen LogP contribution in [0.25, 0.3) is 0 Å². The highest BCUT2D eigenvalue weighted by Gasteiger charge is 2.38. The van der Waals surface area contributed by atoms with Gasteiger partial charge in [-0.25, -0.2) is 0 Å². The molecule has 3 nitrogen and oxygen atoms in total. The zero-order valence-corrected chi connectivity index (χ0v) is 18.6. The number of anilines is 2. The smallest absolute Gasteiger partial charge is 0.255 e. The van der Waals surface area contributed by atoms with Gasteiger partial charge in [0.15, 0.2) is 0 Å². The first-order valence-corrected chi connectivity index (χ1v) is 11.9. The summed E-state index contributed by atoms with van der Waals surface area (Å²) in [5.74, 6) is 0.777. The van der Waals surface area contributed by atoms with Crippen LogP contribution in [-0.2, 0) is 0 Å². The van der Waals surface area contributed by atoms with Crippen LogP contribution in [0.3, 0.4) is 0 Å². The van der Waals surface area contributed by atoms with Gasteiger partial charge in [0.1, 0.15) is 0 Å². The van der Waals surface area contributed by atoms with Crippen LogP contribution in [0.2, 0.25) is 0 Å². The summed E-state index contributed by atoms with van der Waals surface area (Å²) in [4.78, 5) is 14.1. The normalized spacial score (nSPS) is 21.2. The molecule has 3 unspecified atom stereocenters. The van der Waals surface area contributed by atoms with Crippen LogP contribution in [-0.4, -0.2) is 12.2 Å². The molecule has 0 radical (unpaired) electrons. The molecule has 4 heteroatoms. The van der Waals surface area contributed by atoms with Crippen molar-refractivity contribution >= 4 is 29.0 Å². The minimum Gasteiger partial charge on any atom is -0.378 e. The summed E-state index contributed by atoms with van der Waals surface area (Å²) < 4.78 is 0. The molecule has 3 atom stereocenters. The Morgan fingerprint density at radius 2 is 1.87 bits per heavy atom. The van der Waals surface area contributed by atoms with Crippen LogP contribution in [0.1, 0.15) is 45.4 Å². The van der Waals surface area contributed by atoms with E-state index in [1.54, 1.807) is 11.8 Å². The van der Waals surface area contributed by atoms with E-state index < -0.39 is 0 Å². The van der Waals surface area contributed by atoms with Crippen LogP contribution in [0.5, 0.6) is 0 Å². The molecule has 0 saturated heterocycles. The van der Waals surface area contributed by atoms with E-state index in [-0.39, 0.29) is 11.9 Å². The monoisotopic (exact) mass is 426 g/mol. The van der Waals surface area contributed by atoms with Gasteiger partial charge in [0.2, 0.25) is 0 Å². The van der Waals surface area contributed by atoms with Gasteiger partial charge in [-0.15, -0.1) is 11.8 Å². The van der Waals surface area contributed by atoms with Crippen molar-refractivity contribution in [1.82, 2.24) is 0 Å².